The Balaban J connectivity index is 2.30. The zero-order valence-electron chi connectivity index (χ0n) is 18.1. The van der Waals surface area contributed by atoms with E-state index in [0.29, 0.717) is 11.1 Å². The van der Waals surface area contributed by atoms with Crippen molar-refractivity contribution in [2.75, 3.05) is 13.6 Å². The third-order valence-electron chi connectivity index (χ3n) is 6.28. The van der Waals surface area contributed by atoms with Gasteiger partial charge in [0.2, 0.25) is 23.4 Å². The third kappa shape index (κ3) is 3.48. The molecule has 6 N–H and O–H groups in total. The average molecular weight is 445 g/mol. The minimum absolute atomic E-state index is 0.0167. The molecule has 11 nitrogen and oxygen atoms in total. The molecule has 1 aromatic rings. The molecule has 2 aliphatic rings. The van der Waals surface area contributed by atoms with Crippen molar-refractivity contribution < 1.29 is 29.0 Å². The number of nitrogens with one attached hydrogen (secondary N) is 1. The summed E-state index contributed by atoms with van der Waals surface area (Å²) in [6.07, 6.45) is -1.76. The molecular weight excluding hydrogens is 418 g/mol. The van der Waals surface area contributed by atoms with Gasteiger partial charge in [0.25, 0.3) is 0 Å². The van der Waals surface area contributed by atoms with Gasteiger partial charge in [-0.1, -0.05) is 38.1 Å². The highest BCUT2D eigenvalue weighted by atomic mass is 16.7. The predicted octanol–water partition coefficient (Wildman–Crippen LogP) is 0.265. The molecule has 4 unspecified atom stereocenters. The van der Waals surface area contributed by atoms with E-state index in [0.717, 1.165) is 4.90 Å². The van der Waals surface area contributed by atoms with Crippen LogP contribution in [0.25, 0.3) is 0 Å². The second-order valence-corrected chi connectivity index (χ2v) is 8.44. The van der Waals surface area contributed by atoms with E-state index < -0.39 is 47.5 Å². The molecule has 0 aromatic heterocycles. The van der Waals surface area contributed by atoms with Gasteiger partial charge >= 0.3 is 6.16 Å². The highest BCUT2D eigenvalue weighted by Crippen LogP contribution is 2.56. The lowest BCUT2D eigenvalue weighted by molar-refractivity contribution is -0.166. The van der Waals surface area contributed by atoms with Crippen LogP contribution in [0, 0.1) is 23.2 Å². The lowest BCUT2D eigenvalue weighted by atomic mass is 9.81. The molecule has 1 aromatic carbocycles. The first-order valence-corrected chi connectivity index (χ1v) is 10.2. The molecule has 3 amide bonds. The van der Waals surface area contributed by atoms with Crippen molar-refractivity contribution in [1.82, 2.24) is 9.80 Å². The van der Waals surface area contributed by atoms with Crippen LogP contribution in [0.1, 0.15) is 31.4 Å². The summed E-state index contributed by atoms with van der Waals surface area (Å²) in [4.78, 5) is 52.5. The highest BCUT2D eigenvalue weighted by molar-refractivity contribution is 6.06. The largest absolute Gasteiger partial charge is 0.507 e. The number of amidine groups is 1. The number of carbonyl (C=O) groups is 4. The number of fused-ring (bicyclic) bond motifs is 1. The smallest absolute Gasteiger partial charge is 0.450 e. The Morgan fingerprint density at radius 2 is 1.78 bits per heavy atom. The van der Waals surface area contributed by atoms with Crippen molar-refractivity contribution in [3.63, 3.8) is 0 Å². The summed E-state index contributed by atoms with van der Waals surface area (Å²) in [5, 5.41) is 17.3. The van der Waals surface area contributed by atoms with Crippen LogP contribution in [-0.4, -0.2) is 64.3 Å². The Kier molecular flexibility index (Phi) is 5.96. The van der Waals surface area contributed by atoms with Crippen LogP contribution < -0.4 is 11.5 Å². The summed E-state index contributed by atoms with van der Waals surface area (Å²) >= 11 is 0. The number of ether oxygens (including phenoxy) is 1. The van der Waals surface area contributed by atoms with Gasteiger partial charge in [-0.15, -0.1) is 0 Å². The van der Waals surface area contributed by atoms with Gasteiger partial charge < -0.3 is 21.3 Å². The van der Waals surface area contributed by atoms with Crippen LogP contribution in [0.2, 0.25) is 0 Å². The first-order valence-electron chi connectivity index (χ1n) is 10.2. The fraction of sp³-hybridized carbons (Fsp3) is 0.476. The Labute approximate surface area is 184 Å². The summed E-state index contributed by atoms with van der Waals surface area (Å²) in [6, 6.07) is 5.48. The van der Waals surface area contributed by atoms with Gasteiger partial charge in [-0.2, -0.15) is 0 Å². The minimum Gasteiger partial charge on any atom is -0.450 e. The maximum absolute atomic E-state index is 13.3. The van der Waals surface area contributed by atoms with Crippen molar-refractivity contribution in [3.8, 4) is 0 Å². The summed E-state index contributed by atoms with van der Waals surface area (Å²) in [7, 11) is 1.36. The number of hydrogen-bond acceptors (Lipinski definition) is 7. The maximum atomic E-state index is 13.3. The number of primary amides is 1. The van der Waals surface area contributed by atoms with E-state index in [1.54, 1.807) is 4.90 Å². The molecule has 0 saturated carbocycles. The van der Waals surface area contributed by atoms with Crippen LogP contribution in [-0.2, 0) is 24.8 Å². The quantitative estimate of drug-likeness (QED) is 0.200. The summed E-state index contributed by atoms with van der Waals surface area (Å²) in [5.74, 6) is -4.01. The summed E-state index contributed by atoms with van der Waals surface area (Å²) in [6.45, 7) is 3.69. The van der Waals surface area contributed by atoms with E-state index in [9.17, 15) is 24.3 Å². The molecule has 0 bridgehead atoms. The van der Waals surface area contributed by atoms with E-state index >= 15 is 0 Å². The molecule has 32 heavy (non-hydrogen) atoms. The molecule has 4 atom stereocenters. The van der Waals surface area contributed by atoms with Crippen molar-refractivity contribution >= 4 is 29.7 Å². The first kappa shape index (κ1) is 23.2. The highest BCUT2D eigenvalue weighted by Gasteiger charge is 2.71. The number of hydrogen-bond donors (Lipinski definition) is 4. The van der Waals surface area contributed by atoms with Crippen LogP contribution >= 0.6 is 0 Å². The molecule has 0 spiro atoms. The van der Waals surface area contributed by atoms with Crippen LogP contribution in [0.4, 0.5) is 4.79 Å². The van der Waals surface area contributed by atoms with Gasteiger partial charge in [-0.3, -0.25) is 29.6 Å². The minimum atomic E-state index is -1.87. The van der Waals surface area contributed by atoms with E-state index in [1.165, 1.54) is 31.3 Å². The van der Waals surface area contributed by atoms with E-state index in [4.69, 9.17) is 21.6 Å². The lowest BCUT2D eigenvalue weighted by Crippen LogP contribution is -2.55. The normalized spacial score (nSPS) is 27.6. The number of nitrogen functional groups attached to an aromatic ring is 1. The standard InChI is InChI=1S/C21H27N5O6/c1-10(2)16-14-15(19(29)25(3)18(14)28)21(32-20(30)31,26(16)9-8-13(22)27)12-6-4-11(5-7-12)17(23)24/h4-7,10,14-16H,8-9H2,1-3H3,(H2,22,27)(H3,23,24)(H,30,31). The van der Waals surface area contributed by atoms with E-state index in [-0.39, 0.29) is 24.7 Å². The summed E-state index contributed by atoms with van der Waals surface area (Å²) < 4.78 is 5.50. The van der Waals surface area contributed by atoms with Gasteiger partial charge in [-0.25, -0.2) is 4.79 Å². The second-order valence-electron chi connectivity index (χ2n) is 8.44. The van der Waals surface area contributed by atoms with Gasteiger partial charge in [0.05, 0.1) is 5.92 Å². The number of nitrogens with two attached hydrogens (primary N) is 2. The Hall–Kier alpha value is -3.47. The van der Waals surface area contributed by atoms with E-state index in [1.807, 2.05) is 13.8 Å². The number of nitrogens with zero attached hydrogens (tertiary/aromatic N) is 2. The fourth-order valence-corrected chi connectivity index (χ4v) is 5.05. The number of imide groups is 1. The molecule has 2 fully saturated rings. The number of carboxylic acid groups (broad SMARTS) is 1. The monoisotopic (exact) mass is 445 g/mol. The molecular formula is C21H27N5O6. The van der Waals surface area contributed by atoms with Crippen molar-refractivity contribution in [1.29, 1.82) is 5.41 Å². The summed E-state index contributed by atoms with van der Waals surface area (Å²) in [5.41, 5.74) is 9.72. The fourth-order valence-electron chi connectivity index (χ4n) is 5.05. The van der Waals surface area contributed by atoms with Crippen LogP contribution in [0.3, 0.4) is 0 Å². The topological polar surface area (TPSA) is 180 Å². The number of benzene rings is 1. The number of likely N-dealkylation sites (tertiary alicyclic amines) is 2. The molecule has 2 saturated heterocycles. The second kappa shape index (κ2) is 8.23. The zero-order chi connectivity index (χ0) is 24.0. The van der Waals surface area contributed by atoms with Crippen LogP contribution in [0.15, 0.2) is 24.3 Å². The van der Waals surface area contributed by atoms with Gasteiger partial charge in [-0.05, 0) is 5.92 Å². The number of carbonyl (C=O) groups excluding carboxylic acids is 3. The van der Waals surface area contributed by atoms with Gasteiger partial charge in [0.15, 0.2) is 0 Å². The lowest BCUT2D eigenvalue weighted by Gasteiger charge is -2.43. The first-order chi connectivity index (χ1) is 14.9. The third-order valence-corrected chi connectivity index (χ3v) is 6.28. The Morgan fingerprint density at radius 3 is 2.25 bits per heavy atom. The molecule has 2 aliphatic heterocycles. The number of amides is 3. The molecule has 3 rings (SSSR count). The van der Waals surface area contributed by atoms with Gasteiger partial charge in [0, 0.05) is 37.2 Å². The van der Waals surface area contributed by atoms with Gasteiger partial charge in [0.1, 0.15) is 11.8 Å². The molecule has 11 heteroatoms. The average Bonchev–Trinajstić information content (AvgIpc) is 3.12. The molecule has 172 valence electrons. The van der Waals surface area contributed by atoms with Crippen molar-refractivity contribution in [3.05, 3.63) is 35.4 Å². The molecule has 2 heterocycles. The predicted molar refractivity (Wildman–Crippen MR) is 112 cm³/mol. The number of rotatable bonds is 7. The maximum Gasteiger partial charge on any atom is 0.507 e. The van der Waals surface area contributed by atoms with E-state index in [2.05, 4.69) is 0 Å². The van der Waals surface area contributed by atoms with Crippen LogP contribution in [0.5, 0.6) is 0 Å². The Morgan fingerprint density at radius 1 is 1.19 bits per heavy atom. The van der Waals surface area contributed by atoms with Crippen molar-refractivity contribution in [2.45, 2.75) is 32.0 Å². The zero-order valence-corrected chi connectivity index (χ0v) is 18.1. The Bertz CT molecular complexity index is 977. The SMILES string of the molecule is CC(C)C1C2C(=O)N(C)C(=O)C2C(OC(=O)O)(c2ccc(C(=N)N)cc2)N1CCC(N)=O. The molecule has 0 radical (unpaired) electrons. The molecule has 0 aliphatic carbocycles. The van der Waals surface area contributed by atoms with Crippen molar-refractivity contribution in [2.24, 2.45) is 29.2 Å².